The number of halogens is 6. The molecule has 0 radical (unpaired) electrons. The third-order valence-corrected chi connectivity index (χ3v) is 4.42. The smallest absolute Gasteiger partial charge is 0.386 e. The van der Waals surface area contributed by atoms with Gasteiger partial charge in [0.15, 0.2) is 5.82 Å². The standard InChI is InChI=1S/C16H17F6N5O/c1-7(16(20,21)22)23-13-25-12(9-3-2-4-10(28)11(9)17)26-14(27-13)24-8-5-15(18,19)6-8/h8,10,28H,1-6H2,(H2,23,24,25,26,27)/t10-/m0/s1. The van der Waals surface area contributed by atoms with E-state index in [1.54, 1.807) is 0 Å². The van der Waals surface area contributed by atoms with E-state index < -0.39 is 54.6 Å². The van der Waals surface area contributed by atoms with Crippen molar-refractivity contribution in [1.82, 2.24) is 15.0 Å². The van der Waals surface area contributed by atoms with E-state index >= 15 is 0 Å². The van der Waals surface area contributed by atoms with Gasteiger partial charge in [-0.3, -0.25) is 0 Å². The number of hydrogen-bond acceptors (Lipinski definition) is 6. The highest BCUT2D eigenvalue weighted by Crippen LogP contribution is 2.39. The third kappa shape index (κ3) is 4.54. The van der Waals surface area contributed by atoms with Gasteiger partial charge in [0.1, 0.15) is 17.6 Å². The van der Waals surface area contributed by atoms with Crippen molar-refractivity contribution in [2.75, 3.05) is 10.6 Å². The highest BCUT2D eigenvalue weighted by atomic mass is 19.4. The zero-order chi connectivity index (χ0) is 20.7. The Kier molecular flexibility index (Phi) is 5.26. The SMILES string of the molecule is C=C(Nc1nc(NC2CC(F)(F)C2)nc(C2=C(F)[C@@H](O)CCC2)n1)C(F)(F)F. The van der Waals surface area contributed by atoms with Crippen LogP contribution in [0, 0.1) is 0 Å². The summed E-state index contributed by atoms with van der Waals surface area (Å²) in [6.45, 7) is 2.85. The summed E-state index contributed by atoms with van der Waals surface area (Å²) < 4.78 is 78.5. The van der Waals surface area contributed by atoms with Gasteiger partial charge in [0.05, 0.1) is 0 Å². The monoisotopic (exact) mass is 409 g/mol. The lowest BCUT2D eigenvalue weighted by atomic mass is 9.88. The van der Waals surface area contributed by atoms with E-state index in [1.807, 2.05) is 5.32 Å². The molecule has 1 heterocycles. The van der Waals surface area contributed by atoms with Gasteiger partial charge in [-0.2, -0.15) is 28.1 Å². The van der Waals surface area contributed by atoms with E-state index in [-0.39, 0.29) is 30.2 Å². The van der Waals surface area contributed by atoms with Gasteiger partial charge < -0.3 is 15.7 Å². The van der Waals surface area contributed by atoms with Gasteiger partial charge in [-0.25, -0.2) is 13.2 Å². The number of aliphatic hydroxyl groups excluding tert-OH is 1. The largest absolute Gasteiger partial charge is 0.430 e. The van der Waals surface area contributed by atoms with Crippen LogP contribution in [0.25, 0.3) is 5.57 Å². The number of nitrogens with zero attached hydrogens (tertiary/aromatic N) is 3. The molecular weight excluding hydrogens is 392 g/mol. The van der Waals surface area contributed by atoms with Crippen molar-refractivity contribution in [3.63, 3.8) is 0 Å². The van der Waals surface area contributed by atoms with Crippen molar-refractivity contribution in [3.8, 4) is 0 Å². The second kappa shape index (κ2) is 7.22. The molecule has 0 amide bonds. The first-order valence-electron chi connectivity index (χ1n) is 8.45. The Morgan fingerprint density at radius 1 is 1.14 bits per heavy atom. The van der Waals surface area contributed by atoms with Crippen LogP contribution in [0.3, 0.4) is 0 Å². The summed E-state index contributed by atoms with van der Waals surface area (Å²) in [7, 11) is 0. The minimum Gasteiger partial charge on any atom is -0.386 e. The van der Waals surface area contributed by atoms with E-state index in [4.69, 9.17) is 0 Å². The van der Waals surface area contributed by atoms with Gasteiger partial charge >= 0.3 is 6.18 Å². The molecular formula is C16H17F6N5O. The van der Waals surface area contributed by atoms with Crippen LogP contribution in [-0.2, 0) is 0 Å². The van der Waals surface area contributed by atoms with Crippen molar-refractivity contribution < 1.29 is 31.4 Å². The van der Waals surface area contributed by atoms with Gasteiger partial charge in [0, 0.05) is 24.5 Å². The first-order chi connectivity index (χ1) is 12.9. The van der Waals surface area contributed by atoms with Crippen LogP contribution in [0.1, 0.15) is 37.9 Å². The van der Waals surface area contributed by atoms with Crippen LogP contribution in [0.5, 0.6) is 0 Å². The van der Waals surface area contributed by atoms with Crippen LogP contribution in [0.15, 0.2) is 18.1 Å². The lowest BCUT2D eigenvalue weighted by Gasteiger charge is -2.35. The van der Waals surface area contributed by atoms with Crippen molar-refractivity contribution in [3.05, 3.63) is 23.9 Å². The van der Waals surface area contributed by atoms with E-state index in [2.05, 4.69) is 26.8 Å². The molecule has 1 aromatic rings. The van der Waals surface area contributed by atoms with Crippen molar-refractivity contribution in [1.29, 1.82) is 0 Å². The molecule has 3 N–H and O–H groups in total. The Balaban J connectivity index is 1.92. The number of allylic oxidation sites excluding steroid dienone is 2. The molecule has 154 valence electrons. The number of hydrogen-bond donors (Lipinski definition) is 3. The molecule has 2 aliphatic carbocycles. The van der Waals surface area contributed by atoms with Crippen LogP contribution in [0.4, 0.5) is 38.2 Å². The van der Waals surface area contributed by atoms with Gasteiger partial charge in [0.2, 0.25) is 11.9 Å². The maximum Gasteiger partial charge on any atom is 0.430 e. The van der Waals surface area contributed by atoms with Crippen LogP contribution < -0.4 is 10.6 Å². The molecule has 12 heteroatoms. The minimum atomic E-state index is -4.78. The predicted molar refractivity (Wildman–Crippen MR) is 88.1 cm³/mol. The molecule has 1 fully saturated rings. The highest BCUT2D eigenvalue weighted by molar-refractivity contribution is 5.65. The molecule has 28 heavy (non-hydrogen) atoms. The summed E-state index contributed by atoms with van der Waals surface area (Å²) in [5.74, 6) is -4.83. The zero-order valence-corrected chi connectivity index (χ0v) is 14.5. The zero-order valence-electron chi connectivity index (χ0n) is 14.5. The number of nitrogens with one attached hydrogen (secondary N) is 2. The third-order valence-electron chi connectivity index (χ3n) is 4.42. The molecule has 1 aromatic heterocycles. The van der Waals surface area contributed by atoms with E-state index in [0.29, 0.717) is 6.42 Å². The maximum absolute atomic E-state index is 14.3. The van der Waals surface area contributed by atoms with Gasteiger partial charge in [-0.1, -0.05) is 6.58 Å². The van der Waals surface area contributed by atoms with Crippen molar-refractivity contribution in [2.24, 2.45) is 0 Å². The summed E-state index contributed by atoms with van der Waals surface area (Å²) in [5, 5.41) is 14.1. The first kappa shape index (κ1) is 20.4. The number of anilines is 2. The Morgan fingerprint density at radius 2 is 1.79 bits per heavy atom. The molecule has 0 unspecified atom stereocenters. The molecule has 1 atom stereocenters. The molecule has 2 aliphatic rings. The molecule has 0 saturated heterocycles. The normalized spacial score (nSPS) is 22.6. The summed E-state index contributed by atoms with van der Waals surface area (Å²) in [4.78, 5) is 11.5. The fourth-order valence-corrected chi connectivity index (χ4v) is 2.92. The number of aliphatic hydroxyl groups is 1. The van der Waals surface area contributed by atoms with E-state index in [9.17, 15) is 31.4 Å². The topological polar surface area (TPSA) is 83.0 Å². The van der Waals surface area contributed by atoms with Crippen molar-refractivity contribution >= 4 is 17.5 Å². The molecule has 6 nitrogen and oxygen atoms in total. The quantitative estimate of drug-likeness (QED) is 0.642. The molecule has 1 saturated carbocycles. The predicted octanol–water partition coefficient (Wildman–Crippen LogP) is 3.79. The average Bonchev–Trinajstić information content (AvgIpc) is 2.54. The summed E-state index contributed by atoms with van der Waals surface area (Å²) in [6, 6.07) is -0.681. The first-order valence-corrected chi connectivity index (χ1v) is 8.45. The molecule has 3 rings (SSSR count). The molecule has 0 bridgehead atoms. The van der Waals surface area contributed by atoms with Crippen LogP contribution >= 0.6 is 0 Å². The molecule has 0 spiro atoms. The van der Waals surface area contributed by atoms with Gasteiger partial charge in [-0.15, -0.1) is 0 Å². The van der Waals surface area contributed by atoms with Crippen molar-refractivity contribution in [2.45, 2.75) is 56.3 Å². The van der Waals surface area contributed by atoms with Gasteiger partial charge in [0.25, 0.3) is 5.92 Å². The molecule has 0 aromatic carbocycles. The van der Waals surface area contributed by atoms with E-state index in [0.717, 1.165) is 0 Å². The number of rotatable bonds is 5. The van der Waals surface area contributed by atoms with Gasteiger partial charge in [-0.05, 0) is 19.3 Å². The highest BCUT2D eigenvalue weighted by Gasteiger charge is 2.45. The lowest BCUT2D eigenvalue weighted by Crippen LogP contribution is -2.44. The Morgan fingerprint density at radius 3 is 2.39 bits per heavy atom. The Hall–Kier alpha value is -2.37. The van der Waals surface area contributed by atoms with Crippen LogP contribution in [-0.4, -0.2) is 44.3 Å². The fourth-order valence-electron chi connectivity index (χ4n) is 2.92. The maximum atomic E-state index is 14.3. The second-order valence-corrected chi connectivity index (χ2v) is 6.75. The Bertz CT molecular complexity index is 801. The fraction of sp³-hybridized carbons (Fsp3) is 0.562. The summed E-state index contributed by atoms with van der Waals surface area (Å²) >= 11 is 0. The number of aromatic nitrogens is 3. The number of alkyl halides is 5. The lowest BCUT2D eigenvalue weighted by molar-refractivity contribution is -0.0900. The van der Waals surface area contributed by atoms with E-state index in [1.165, 1.54) is 0 Å². The average molecular weight is 409 g/mol. The minimum absolute atomic E-state index is 0.0659. The second-order valence-electron chi connectivity index (χ2n) is 6.75. The Labute approximate surface area is 155 Å². The summed E-state index contributed by atoms with van der Waals surface area (Å²) in [5.41, 5.74) is -1.42. The van der Waals surface area contributed by atoms with Crippen LogP contribution in [0.2, 0.25) is 0 Å². The summed E-state index contributed by atoms with van der Waals surface area (Å²) in [6.07, 6.45) is -6.33. The molecule has 0 aliphatic heterocycles.